The molecule has 4 N–H and O–H groups in total. The van der Waals surface area contributed by atoms with Crippen LogP contribution in [0, 0.1) is 0 Å². The third-order valence-electron chi connectivity index (χ3n) is 6.91. The average Bonchev–Trinajstić information content (AvgIpc) is 3.06. The van der Waals surface area contributed by atoms with Crippen molar-refractivity contribution >= 4 is 58.9 Å². The number of carbonyl (C=O) groups excluding carboxylic acids is 4. The first-order valence-electron chi connectivity index (χ1n) is 14.4. The first-order valence-corrected chi connectivity index (χ1v) is 14.4. The maximum Gasteiger partial charge on any atom is 0.335 e. The number of carbonyl (C=O) groups is 4. The fraction of sp³-hybridized carbons (Fsp3) is 0.0588. The van der Waals surface area contributed by atoms with E-state index in [4.69, 9.17) is 4.74 Å². The van der Waals surface area contributed by atoms with Crippen molar-refractivity contribution in [3.05, 3.63) is 129 Å². The number of aromatic nitrogens is 3. The van der Waals surface area contributed by atoms with E-state index in [9.17, 15) is 33.9 Å². The lowest BCUT2D eigenvalue weighted by Gasteiger charge is -2.26. The van der Waals surface area contributed by atoms with Gasteiger partial charge in [0.15, 0.2) is 6.40 Å². The predicted molar refractivity (Wildman–Crippen MR) is 181 cm³/mol. The molecule has 15 nitrogen and oxygen atoms in total. The van der Waals surface area contributed by atoms with Gasteiger partial charge in [0.1, 0.15) is 11.1 Å². The van der Waals surface area contributed by atoms with Crippen LogP contribution in [0.15, 0.2) is 111 Å². The zero-order valence-electron chi connectivity index (χ0n) is 25.9. The van der Waals surface area contributed by atoms with Gasteiger partial charge >= 0.3 is 11.7 Å². The molecule has 0 aliphatic carbocycles. The number of aromatic hydroxyl groups is 1. The molecule has 3 heterocycles. The molecule has 49 heavy (non-hydrogen) atoms. The number of methoxy groups -OCH3 is 1. The number of hydrogen-bond donors (Lipinski definition) is 4. The second-order valence-electron chi connectivity index (χ2n) is 10.2. The summed E-state index contributed by atoms with van der Waals surface area (Å²) in [5, 5.41) is 15.3. The zero-order valence-corrected chi connectivity index (χ0v) is 25.9. The number of amides is 5. The Kier molecular flexibility index (Phi) is 9.83. The highest BCUT2D eigenvalue weighted by Gasteiger charge is 2.36. The van der Waals surface area contributed by atoms with Crippen LogP contribution in [0.1, 0.15) is 18.1 Å². The first-order chi connectivity index (χ1) is 23.6. The summed E-state index contributed by atoms with van der Waals surface area (Å²) in [6.07, 6.45) is 9.46. The number of nitrogens with one attached hydrogen (secondary N) is 3. The van der Waals surface area contributed by atoms with E-state index in [0.717, 1.165) is 9.47 Å². The number of pyridine rings is 1. The maximum atomic E-state index is 13.5. The number of imide groups is 2. The van der Waals surface area contributed by atoms with Crippen molar-refractivity contribution in [1.29, 1.82) is 0 Å². The van der Waals surface area contributed by atoms with E-state index in [0.29, 0.717) is 22.5 Å². The summed E-state index contributed by atoms with van der Waals surface area (Å²) < 4.78 is 5.65. The Balaban J connectivity index is 1.55. The minimum atomic E-state index is -0.980. The van der Waals surface area contributed by atoms with Crippen molar-refractivity contribution in [3.8, 4) is 11.6 Å². The molecule has 4 aromatic rings. The molecule has 0 unspecified atom stereocenters. The second-order valence-corrected chi connectivity index (χ2v) is 10.2. The zero-order chi connectivity index (χ0) is 35.1. The Morgan fingerprint density at radius 3 is 2.47 bits per heavy atom. The van der Waals surface area contributed by atoms with Gasteiger partial charge in [-0.05, 0) is 71.8 Å². The van der Waals surface area contributed by atoms with E-state index >= 15 is 0 Å². The monoisotopic (exact) mass is 661 g/mol. The molecule has 1 saturated heterocycles. The fourth-order valence-electron chi connectivity index (χ4n) is 4.73. The van der Waals surface area contributed by atoms with Gasteiger partial charge in [-0.15, -0.1) is 0 Å². The van der Waals surface area contributed by atoms with E-state index in [1.165, 1.54) is 87.5 Å². The standard InChI is InChI=1S/C34H27N7O8/c1-20(42)37-24-6-4-8-26(18-24)41-32(46)28(30(44)39-34(41)48)12-10-21(22-13-15-35-16-14-22)9-11-27-29(43)38-33(47)40(31(27)45)25-7-3-5-23(17-25)36-19-49-2/h3-19,43H,1-2H3,(H,37,42)(H,38,47)(H,39,44,48). The summed E-state index contributed by atoms with van der Waals surface area (Å²) in [5.74, 6) is -2.93. The first kappa shape index (κ1) is 33.2. The number of hydrogen-bond acceptors (Lipinski definition) is 10. The number of H-pyrrole nitrogens is 1. The minimum absolute atomic E-state index is 0.103. The van der Waals surface area contributed by atoms with Crippen molar-refractivity contribution in [1.82, 2.24) is 19.9 Å². The fourth-order valence-corrected chi connectivity index (χ4v) is 4.73. The molecule has 0 saturated carbocycles. The molecular formula is C34H27N7O8. The number of barbiturate groups is 1. The number of aliphatic imine (C=N–C) groups is 1. The number of anilines is 2. The minimum Gasteiger partial charge on any atom is -0.494 e. The number of aromatic amines is 1. The van der Waals surface area contributed by atoms with Crippen LogP contribution in [0.25, 0.3) is 17.3 Å². The summed E-state index contributed by atoms with van der Waals surface area (Å²) in [7, 11) is 1.42. The number of rotatable bonds is 9. The van der Waals surface area contributed by atoms with Gasteiger partial charge in [0.2, 0.25) is 11.8 Å². The lowest BCUT2D eigenvalue weighted by Crippen LogP contribution is -2.54. The SMILES string of the molecule is COC=Nc1cccc(-n2c(=O)[nH]c(O)c(C=CC(=CC=C3C(=O)NC(=O)N(c4cccc(NC(C)=O)c4)C3=O)c3ccncc3)c2=O)c1. The van der Waals surface area contributed by atoms with Gasteiger partial charge in [-0.1, -0.05) is 24.3 Å². The molecule has 2 aromatic heterocycles. The van der Waals surface area contributed by atoms with Crippen LogP contribution in [0.3, 0.4) is 0 Å². The molecule has 2 aromatic carbocycles. The number of benzene rings is 2. The van der Waals surface area contributed by atoms with Crippen molar-refractivity contribution in [2.75, 3.05) is 17.3 Å². The molecular weight excluding hydrogens is 634 g/mol. The van der Waals surface area contributed by atoms with Crippen LogP contribution in [0.5, 0.6) is 5.88 Å². The predicted octanol–water partition coefficient (Wildman–Crippen LogP) is 3.20. The molecule has 0 radical (unpaired) electrons. The Morgan fingerprint density at radius 1 is 1.00 bits per heavy atom. The molecule has 1 aliphatic heterocycles. The molecule has 0 spiro atoms. The summed E-state index contributed by atoms with van der Waals surface area (Å²) in [6.45, 7) is 1.30. The van der Waals surface area contributed by atoms with Crippen LogP contribution < -0.4 is 26.8 Å². The van der Waals surface area contributed by atoms with Crippen LogP contribution in [-0.2, 0) is 19.1 Å². The third kappa shape index (κ3) is 7.47. The van der Waals surface area contributed by atoms with Gasteiger partial charge < -0.3 is 15.2 Å². The van der Waals surface area contributed by atoms with E-state index in [-0.39, 0.29) is 22.8 Å². The topological polar surface area (TPSA) is 205 Å². The van der Waals surface area contributed by atoms with E-state index in [1.54, 1.807) is 30.3 Å². The Morgan fingerprint density at radius 2 is 1.73 bits per heavy atom. The van der Waals surface area contributed by atoms with Crippen LogP contribution >= 0.6 is 0 Å². The highest BCUT2D eigenvalue weighted by Crippen LogP contribution is 2.25. The van der Waals surface area contributed by atoms with Crippen molar-refractivity contribution in [2.45, 2.75) is 6.92 Å². The highest BCUT2D eigenvalue weighted by atomic mass is 16.5. The van der Waals surface area contributed by atoms with E-state index < -0.39 is 40.5 Å². The number of allylic oxidation sites excluding steroid dienone is 4. The van der Waals surface area contributed by atoms with Crippen molar-refractivity contribution in [2.24, 2.45) is 4.99 Å². The number of ether oxygens (including phenoxy) is 1. The van der Waals surface area contributed by atoms with Crippen LogP contribution in [0.2, 0.25) is 0 Å². The normalized spacial score (nSPS) is 14.5. The second kappa shape index (κ2) is 14.5. The van der Waals surface area contributed by atoms with Crippen LogP contribution in [0.4, 0.5) is 21.9 Å². The molecule has 1 fully saturated rings. The van der Waals surface area contributed by atoms with E-state index in [2.05, 4.69) is 25.6 Å². The molecule has 1 aliphatic rings. The van der Waals surface area contributed by atoms with Crippen molar-refractivity contribution in [3.63, 3.8) is 0 Å². The van der Waals surface area contributed by atoms with Gasteiger partial charge in [0.05, 0.1) is 24.2 Å². The number of nitrogens with zero attached hydrogens (tertiary/aromatic N) is 4. The van der Waals surface area contributed by atoms with Gasteiger partial charge in [0, 0.05) is 25.0 Å². The number of urea groups is 1. The highest BCUT2D eigenvalue weighted by molar-refractivity contribution is 6.37. The van der Waals surface area contributed by atoms with Gasteiger partial charge in [-0.25, -0.2) is 24.0 Å². The summed E-state index contributed by atoms with van der Waals surface area (Å²) >= 11 is 0. The lowest BCUT2D eigenvalue weighted by molar-refractivity contribution is -0.122. The smallest absolute Gasteiger partial charge is 0.335 e. The third-order valence-corrected chi connectivity index (χ3v) is 6.91. The average molecular weight is 662 g/mol. The van der Waals surface area contributed by atoms with Crippen molar-refractivity contribution < 1.29 is 29.0 Å². The summed E-state index contributed by atoms with van der Waals surface area (Å²) in [6, 6.07) is 14.4. The Labute approximate surface area is 277 Å². The largest absolute Gasteiger partial charge is 0.494 e. The molecule has 0 bridgehead atoms. The molecule has 15 heteroatoms. The Bertz CT molecular complexity index is 2220. The molecule has 5 rings (SSSR count). The lowest BCUT2D eigenvalue weighted by atomic mass is 10.0. The Hall–Kier alpha value is -7.16. The summed E-state index contributed by atoms with van der Waals surface area (Å²) in [4.78, 5) is 87.9. The molecule has 5 amide bonds. The molecule has 0 atom stereocenters. The maximum absolute atomic E-state index is 13.5. The van der Waals surface area contributed by atoms with Crippen LogP contribution in [-0.4, -0.2) is 56.9 Å². The van der Waals surface area contributed by atoms with E-state index in [1.807, 2.05) is 0 Å². The quantitative estimate of drug-likeness (QED) is 0.0682. The van der Waals surface area contributed by atoms with Gasteiger partial charge in [-0.2, -0.15) is 0 Å². The summed E-state index contributed by atoms with van der Waals surface area (Å²) in [5.41, 5.74) is -0.537. The van der Waals surface area contributed by atoms with Gasteiger partial charge in [0.25, 0.3) is 17.4 Å². The van der Waals surface area contributed by atoms with Gasteiger partial charge in [-0.3, -0.25) is 34.5 Å². The molecule has 246 valence electrons.